The Bertz CT molecular complexity index is 516. The summed E-state index contributed by atoms with van der Waals surface area (Å²) in [4.78, 5) is 18.8. The first-order valence-corrected chi connectivity index (χ1v) is 8.08. The van der Waals surface area contributed by atoms with E-state index >= 15 is 0 Å². The number of aromatic nitrogens is 1. The van der Waals surface area contributed by atoms with Gasteiger partial charge in [0.05, 0.1) is 0 Å². The molecule has 1 aromatic heterocycles. The van der Waals surface area contributed by atoms with Gasteiger partial charge in [0, 0.05) is 30.3 Å². The van der Waals surface area contributed by atoms with Crippen LogP contribution in [-0.2, 0) is 5.41 Å². The zero-order valence-electron chi connectivity index (χ0n) is 13.4. The Morgan fingerprint density at radius 3 is 2.52 bits per heavy atom. The Morgan fingerprint density at radius 1 is 1.33 bits per heavy atom. The highest BCUT2D eigenvalue weighted by Crippen LogP contribution is 2.27. The van der Waals surface area contributed by atoms with Crippen LogP contribution in [0.3, 0.4) is 0 Å². The number of hydrogen-bond donors (Lipinski definition) is 0. The molecule has 1 saturated carbocycles. The van der Waals surface area contributed by atoms with Crippen LogP contribution in [0.2, 0.25) is 5.15 Å². The van der Waals surface area contributed by atoms with Gasteiger partial charge in [0.1, 0.15) is 5.15 Å². The largest absolute Gasteiger partial charge is 0.341 e. The van der Waals surface area contributed by atoms with Gasteiger partial charge < -0.3 is 4.90 Å². The third-order valence-corrected chi connectivity index (χ3v) is 4.36. The lowest BCUT2D eigenvalue weighted by atomic mass is 9.90. The molecule has 0 aliphatic heterocycles. The zero-order chi connectivity index (χ0) is 15.6. The van der Waals surface area contributed by atoms with Crippen molar-refractivity contribution in [2.45, 2.75) is 51.9 Å². The zero-order valence-corrected chi connectivity index (χ0v) is 14.2. The maximum atomic E-state index is 12.6. The predicted molar refractivity (Wildman–Crippen MR) is 86.9 cm³/mol. The van der Waals surface area contributed by atoms with E-state index in [1.54, 1.807) is 6.07 Å². The topological polar surface area (TPSA) is 33.2 Å². The van der Waals surface area contributed by atoms with Crippen molar-refractivity contribution in [3.63, 3.8) is 0 Å². The first kappa shape index (κ1) is 16.3. The van der Waals surface area contributed by atoms with Crippen LogP contribution in [0, 0.1) is 5.92 Å². The molecule has 1 aromatic rings. The van der Waals surface area contributed by atoms with E-state index in [4.69, 9.17) is 11.6 Å². The predicted octanol–water partition coefficient (Wildman–Crippen LogP) is 4.29. The molecule has 0 spiro atoms. The smallest absolute Gasteiger partial charge is 0.253 e. The van der Waals surface area contributed by atoms with E-state index < -0.39 is 0 Å². The molecule has 0 atom stereocenters. The summed E-state index contributed by atoms with van der Waals surface area (Å²) >= 11 is 6.09. The van der Waals surface area contributed by atoms with Gasteiger partial charge in [-0.3, -0.25) is 4.79 Å². The molecule has 1 aliphatic carbocycles. The van der Waals surface area contributed by atoms with Crippen LogP contribution < -0.4 is 0 Å². The molecule has 21 heavy (non-hydrogen) atoms. The molecule has 0 N–H and O–H groups in total. The number of carbonyl (C=O) groups excluding carboxylic acids is 1. The van der Waals surface area contributed by atoms with E-state index in [0.717, 1.165) is 12.2 Å². The van der Waals surface area contributed by atoms with E-state index in [9.17, 15) is 4.79 Å². The van der Waals surface area contributed by atoms with Crippen LogP contribution in [0.5, 0.6) is 0 Å². The Morgan fingerprint density at radius 2 is 1.95 bits per heavy atom. The summed E-state index contributed by atoms with van der Waals surface area (Å²) in [6.07, 6.45) is 5.06. The summed E-state index contributed by atoms with van der Waals surface area (Å²) < 4.78 is 0. The Balaban J connectivity index is 2.16. The van der Waals surface area contributed by atoms with Crippen molar-refractivity contribution in [1.29, 1.82) is 0 Å². The van der Waals surface area contributed by atoms with Crippen LogP contribution in [-0.4, -0.2) is 29.4 Å². The summed E-state index contributed by atoms with van der Waals surface area (Å²) in [5, 5.41) is 0.389. The van der Waals surface area contributed by atoms with Crippen molar-refractivity contribution in [3.05, 3.63) is 28.5 Å². The molecule has 1 heterocycles. The first-order valence-electron chi connectivity index (χ1n) is 7.71. The van der Waals surface area contributed by atoms with Crippen molar-refractivity contribution in [3.8, 4) is 0 Å². The van der Waals surface area contributed by atoms with Crippen molar-refractivity contribution in [2.24, 2.45) is 5.92 Å². The van der Waals surface area contributed by atoms with Gasteiger partial charge in [-0.15, -0.1) is 0 Å². The Labute approximate surface area is 132 Å². The molecule has 1 fully saturated rings. The molecule has 0 saturated heterocycles. The average Bonchev–Trinajstić information content (AvgIpc) is 2.88. The van der Waals surface area contributed by atoms with Gasteiger partial charge in [-0.1, -0.05) is 45.2 Å². The fraction of sp³-hybridized carbons (Fsp3) is 0.647. The number of rotatable bonds is 3. The quantitative estimate of drug-likeness (QED) is 0.780. The lowest BCUT2D eigenvalue weighted by Crippen LogP contribution is -2.31. The molecule has 0 aromatic carbocycles. The van der Waals surface area contributed by atoms with E-state index in [-0.39, 0.29) is 11.3 Å². The molecular weight excluding hydrogens is 284 g/mol. The summed E-state index contributed by atoms with van der Waals surface area (Å²) in [5.74, 6) is 0.690. The third kappa shape index (κ3) is 4.19. The van der Waals surface area contributed by atoms with Crippen LogP contribution in [0.25, 0.3) is 0 Å². The lowest BCUT2D eigenvalue weighted by Gasteiger charge is -2.23. The standard InChI is InChI=1S/C17H25ClN2O/c1-17(2,3)14-9-13(10-15(18)19-14)16(21)20(4)11-12-7-5-6-8-12/h9-10,12H,5-8,11H2,1-4H3. The number of carbonyl (C=O) groups is 1. The molecule has 4 heteroatoms. The van der Waals surface area contributed by atoms with Gasteiger partial charge in [-0.2, -0.15) is 0 Å². The minimum Gasteiger partial charge on any atom is -0.341 e. The number of pyridine rings is 1. The van der Waals surface area contributed by atoms with Crippen LogP contribution >= 0.6 is 11.6 Å². The van der Waals surface area contributed by atoms with E-state index in [1.807, 2.05) is 18.0 Å². The highest BCUT2D eigenvalue weighted by Gasteiger charge is 2.23. The van der Waals surface area contributed by atoms with Gasteiger partial charge in [0.25, 0.3) is 5.91 Å². The van der Waals surface area contributed by atoms with E-state index in [2.05, 4.69) is 25.8 Å². The van der Waals surface area contributed by atoms with Gasteiger partial charge in [0.15, 0.2) is 0 Å². The molecule has 116 valence electrons. The van der Waals surface area contributed by atoms with Crippen molar-refractivity contribution in [1.82, 2.24) is 9.88 Å². The number of hydrogen-bond acceptors (Lipinski definition) is 2. The normalized spacial score (nSPS) is 16.2. The number of amides is 1. The second-order valence-corrected chi connectivity index (χ2v) is 7.54. The minimum absolute atomic E-state index is 0.0386. The fourth-order valence-electron chi connectivity index (χ4n) is 2.89. The monoisotopic (exact) mass is 308 g/mol. The second-order valence-electron chi connectivity index (χ2n) is 7.15. The van der Waals surface area contributed by atoms with Crippen molar-refractivity contribution in [2.75, 3.05) is 13.6 Å². The SMILES string of the molecule is CN(CC1CCCC1)C(=O)c1cc(Cl)nc(C(C)(C)C)c1. The summed E-state index contributed by atoms with van der Waals surface area (Å²) in [5.41, 5.74) is 1.37. The van der Waals surface area contributed by atoms with Gasteiger partial charge in [-0.05, 0) is 30.9 Å². The average molecular weight is 309 g/mol. The van der Waals surface area contributed by atoms with Gasteiger partial charge >= 0.3 is 0 Å². The lowest BCUT2D eigenvalue weighted by molar-refractivity contribution is 0.0773. The molecule has 0 radical (unpaired) electrons. The molecule has 0 unspecified atom stereocenters. The van der Waals surface area contributed by atoms with Crippen LogP contribution in [0.4, 0.5) is 0 Å². The maximum absolute atomic E-state index is 12.6. The molecule has 2 rings (SSSR count). The molecule has 3 nitrogen and oxygen atoms in total. The van der Waals surface area contributed by atoms with Crippen molar-refractivity contribution >= 4 is 17.5 Å². The number of nitrogens with zero attached hydrogens (tertiary/aromatic N) is 2. The summed E-state index contributed by atoms with van der Waals surface area (Å²) in [7, 11) is 1.88. The first-order chi connectivity index (χ1) is 9.77. The highest BCUT2D eigenvalue weighted by molar-refractivity contribution is 6.29. The molecule has 0 bridgehead atoms. The van der Waals surface area contributed by atoms with E-state index in [0.29, 0.717) is 16.6 Å². The number of halogens is 1. The summed E-state index contributed by atoms with van der Waals surface area (Å²) in [6.45, 7) is 7.05. The van der Waals surface area contributed by atoms with Gasteiger partial charge in [0.2, 0.25) is 0 Å². The summed E-state index contributed by atoms with van der Waals surface area (Å²) in [6, 6.07) is 3.55. The van der Waals surface area contributed by atoms with Crippen LogP contribution in [0.15, 0.2) is 12.1 Å². The third-order valence-electron chi connectivity index (χ3n) is 4.16. The Kier molecular flexibility index (Phi) is 4.92. The fourth-order valence-corrected chi connectivity index (χ4v) is 3.10. The van der Waals surface area contributed by atoms with Crippen molar-refractivity contribution < 1.29 is 4.79 Å². The molecular formula is C17H25ClN2O. The van der Waals surface area contributed by atoms with Gasteiger partial charge in [-0.25, -0.2) is 4.98 Å². The Hall–Kier alpha value is -1.09. The molecule has 1 aliphatic rings. The highest BCUT2D eigenvalue weighted by atomic mass is 35.5. The molecule has 1 amide bonds. The second kappa shape index (κ2) is 6.35. The van der Waals surface area contributed by atoms with E-state index in [1.165, 1.54) is 25.7 Å². The maximum Gasteiger partial charge on any atom is 0.253 e. The van der Waals surface area contributed by atoms with Crippen LogP contribution in [0.1, 0.15) is 62.5 Å². The minimum atomic E-state index is -0.121.